The van der Waals surface area contributed by atoms with Gasteiger partial charge in [-0.25, -0.2) is 13.1 Å². The fraction of sp³-hybridized carbons (Fsp3) is 0.412. The van der Waals surface area contributed by atoms with Crippen LogP contribution in [0.4, 0.5) is 11.4 Å². The molecule has 0 saturated carbocycles. The number of aryl methyl sites for hydroxylation is 2. The number of hydrogen-bond donors (Lipinski definition) is 1. The van der Waals surface area contributed by atoms with E-state index in [9.17, 15) is 13.2 Å². The van der Waals surface area contributed by atoms with Crippen LogP contribution in [0.15, 0.2) is 33.7 Å². The minimum atomic E-state index is -3.75. The van der Waals surface area contributed by atoms with Gasteiger partial charge in [0.05, 0.1) is 0 Å². The lowest BCUT2D eigenvalue weighted by Gasteiger charge is -2.22. The molecule has 1 heterocycles. The third kappa shape index (κ3) is 4.41. The van der Waals surface area contributed by atoms with Gasteiger partial charge in [-0.3, -0.25) is 4.79 Å². The molecule has 0 aliphatic carbocycles. The molecular weight excluding hydrogens is 356 g/mol. The van der Waals surface area contributed by atoms with Crippen LogP contribution in [0.2, 0.25) is 0 Å². The van der Waals surface area contributed by atoms with Gasteiger partial charge in [-0.15, -0.1) is 0 Å². The highest BCUT2D eigenvalue weighted by atomic mass is 32.2. The van der Waals surface area contributed by atoms with Crippen molar-refractivity contribution < 1.29 is 17.7 Å². The molecule has 142 valence electrons. The van der Waals surface area contributed by atoms with E-state index in [0.717, 1.165) is 5.69 Å². The Kier molecular flexibility index (Phi) is 6.04. The summed E-state index contributed by atoms with van der Waals surface area (Å²) in [5.41, 5.74) is 2.02. The number of hydrogen-bond acceptors (Lipinski definition) is 6. The van der Waals surface area contributed by atoms with Crippen LogP contribution in [0.3, 0.4) is 0 Å². The Balaban J connectivity index is 2.08. The molecule has 8 nitrogen and oxygen atoms in total. The molecule has 1 aromatic heterocycles. The largest absolute Gasteiger partial charge is 0.378 e. The number of carbonyl (C=O) groups is 1. The molecular formula is C17H24N4O4S. The lowest BCUT2D eigenvalue weighted by molar-refractivity contribution is -0.116. The maximum absolute atomic E-state index is 12.4. The molecule has 2 aromatic rings. The highest BCUT2D eigenvalue weighted by Crippen LogP contribution is 2.20. The Morgan fingerprint density at radius 2 is 1.73 bits per heavy atom. The standard InChI is InChI=1S/C17H24N4O4S/c1-12-17(13(2)25-19-12)26(23,24)18-10-11-21(14(3)22)16-8-6-15(7-9-16)20(4)5/h6-9,18H,10-11H2,1-5H3. The molecule has 0 aliphatic heterocycles. The number of sulfonamides is 1. The van der Waals surface area contributed by atoms with Crippen LogP contribution >= 0.6 is 0 Å². The zero-order chi connectivity index (χ0) is 19.5. The average molecular weight is 380 g/mol. The normalized spacial score (nSPS) is 11.4. The van der Waals surface area contributed by atoms with Crippen molar-refractivity contribution in [1.82, 2.24) is 9.88 Å². The Bertz CT molecular complexity index is 853. The predicted octanol–water partition coefficient (Wildman–Crippen LogP) is 1.69. The molecule has 9 heteroatoms. The zero-order valence-electron chi connectivity index (χ0n) is 15.6. The summed E-state index contributed by atoms with van der Waals surface area (Å²) in [6.45, 7) is 4.84. The van der Waals surface area contributed by atoms with Crippen LogP contribution in [-0.2, 0) is 14.8 Å². The van der Waals surface area contributed by atoms with Gasteiger partial charge in [0.15, 0.2) is 5.76 Å². The molecule has 1 aromatic carbocycles. The van der Waals surface area contributed by atoms with Crippen LogP contribution in [-0.4, -0.2) is 46.7 Å². The average Bonchev–Trinajstić information content (AvgIpc) is 2.91. The van der Waals surface area contributed by atoms with Crippen LogP contribution in [0.25, 0.3) is 0 Å². The smallest absolute Gasteiger partial charge is 0.246 e. The minimum absolute atomic E-state index is 0.0437. The molecule has 0 fully saturated rings. The third-order valence-corrected chi connectivity index (χ3v) is 5.63. The summed E-state index contributed by atoms with van der Waals surface area (Å²) in [5.74, 6) is 0.0665. The van der Waals surface area contributed by atoms with Gasteiger partial charge in [0, 0.05) is 45.5 Å². The summed E-state index contributed by atoms with van der Waals surface area (Å²) in [7, 11) is 0.113. The van der Waals surface area contributed by atoms with E-state index in [0.29, 0.717) is 11.4 Å². The highest BCUT2D eigenvalue weighted by Gasteiger charge is 2.24. The van der Waals surface area contributed by atoms with Gasteiger partial charge in [0.2, 0.25) is 15.9 Å². The first kappa shape index (κ1) is 19.9. The topological polar surface area (TPSA) is 95.8 Å². The van der Waals surface area contributed by atoms with Crippen molar-refractivity contribution in [3.8, 4) is 0 Å². The first-order valence-corrected chi connectivity index (χ1v) is 9.60. The van der Waals surface area contributed by atoms with Crippen molar-refractivity contribution in [1.29, 1.82) is 0 Å². The summed E-state index contributed by atoms with van der Waals surface area (Å²) < 4.78 is 32.3. The van der Waals surface area contributed by atoms with E-state index < -0.39 is 10.0 Å². The minimum Gasteiger partial charge on any atom is -0.378 e. The molecule has 0 spiro atoms. The molecule has 0 saturated heterocycles. The molecule has 1 amide bonds. The van der Waals surface area contributed by atoms with Crippen LogP contribution in [0, 0.1) is 13.8 Å². The lowest BCUT2D eigenvalue weighted by atomic mass is 10.2. The summed E-state index contributed by atoms with van der Waals surface area (Å²) in [5, 5.41) is 3.66. The number of nitrogens with zero attached hydrogens (tertiary/aromatic N) is 3. The van der Waals surface area contributed by atoms with E-state index in [1.54, 1.807) is 13.8 Å². The second kappa shape index (κ2) is 7.88. The monoisotopic (exact) mass is 380 g/mol. The lowest BCUT2D eigenvalue weighted by Crippen LogP contribution is -2.37. The number of carbonyl (C=O) groups excluding carboxylic acids is 1. The van der Waals surface area contributed by atoms with E-state index in [4.69, 9.17) is 4.52 Å². The summed E-state index contributed by atoms with van der Waals surface area (Å²) in [6.07, 6.45) is 0. The molecule has 0 bridgehead atoms. The van der Waals surface area contributed by atoms with Gasteiger partial charge in [-0.2, -0.15) is 0 Å². The van der Waals surface area contributed by atoms with Crippen molar-refractivity contribution in [2.45, 2.75) is 25.7 Å². The number of aromatic nitrogens is 1. The van der Waals surface area contributed by atoms with Crippen LogP contribution in [0.5, 0.6) is 0 Å². The van der Waals surface area contributed by atoms with E-state index in [1.807, 2.05) is 43.3 Å². The fourth-order valence-electron chi connectivity index (χ4n) is 2.62. The molecule has 1 N–H and O–H groups in total. The Labute approximate surface area is 153 Å². The first-order valence-electron chi connectivity index (χ1n) is 8.11. The highest BCUT2D eigenvalue weighted by molar-refractivity contribution is 7.89. The van der Waals surface area contributed by atoms with Crippen molar-refractivity contribution in [3.05, 3.63) is 35.7 Å². The van der Waals surface area contributed by atoms with Gasteiger partial charge in [-0.05, 0) is 38.1 Å². The predicted molar refractivity (Wildman–Crippen MR) is 100.0 cm³/mol. The Morgan fingerprint density at radius 1 is 1.15 bits per heavy atom. The van der Waals surface area contributed by atoms with Crippen molar-refractivity contribution in [2.24, 2.45) is 0 Å². The molecule has 2 rings (SSSR count). The summed E-state index contributed by atoms with van der Waals surface area (Å²) >= 11 is 0. The maximum atomic E-state index is 12.4. The van der Waals surface area contributed by atoms with E-state index >= 15 is 0 Å². The molecule has 0 unspecified atom stereocenters. The van der Waals surface area contributed by atoms with E-state index in [2.05, 4.69) is 9.88 Å². The van der Waals surface area contributed by atoms with E-state index in [1.165, 1.54) is 11.8 Å². The summed E-state index contributed by atoms with van der Waals surface area (Å²) in [4.78, 5) is 15.5. The Morgan fingerprint density at radius 3 is 2.19 bits per heavy atom. The number of benzene rings is 1. The molecule has 26 heavy (non-hydrogen) atoms. The summed E-state index contributed by atoms with van der Waals surface area (Å²) in [6, 6.07) is 7.47. The number of nitrogens with one attached hydrogen (secondary N) is 1. The molecule has 0 radical (unpaired) electrons. The number of amides is 1. The van der Waals surface area contributed by atoms with Crippen LogP contribution < -0.4 is 14.5 Å². The van der Waals surface area contributed by atoms with Crippen molar-refractivity contribution in [3.63, 3.8) is 0 Å². The van der Waals surface area contributed by atoms with Crippen molar-refractivity contribution >= 4 is 27.3 Å². The van der Waals surface area contributed by atoms with Gasteiger partial charge < -0.3 is 14.3 Å². The third-order valence-electron chi connectivity index (χ3n) is 3.92. The molecule has 0 aliphatic rings. The fourth-order valence-corrected chi connectivity index (χ4v) is 3.97. The first-order chi connectivity index (χ1) is 12.1. The van der Waals surface area contributed by atoms with Gasteiger partial charge in [0.25, 0.3) is 0 Å². The second-order valence-corrected chi connectivity index (χ2v) is 7.84. The van der Waals surface area contributed by atoms with Gasteiger partial charge >= 0.3 is 0 Å². The SMILES string of the molecule is CC(=O)N(CCNS(=O)(=O)c1c(C)noc1C)c1ccc(N(C)C)cc1. The van der Waals surface area contributed by atoms with Crippen LogP contribution in [0.1, 0.15) is 18.4 Å². The maximum Gasteiger partial charge on any atom is 0.246 e. The quantitative estimate of drug-likeness (QED) is 0.785. The Hall–Kier alpha value is -2.39. The number of anilines is 2. The van der Waals surface area contributed by atoms with E-state index in [-0.39, 0.29) is 29.7 Å². The number of rotatable bonds is 7. The van der Waals surface area contributed by atoms with Gasteiger partial charge in [0.1, 0.15) is 10.6 Å². The zero-order valence-corrected chi connectivity index (χ0v) is 16.4. The van der Waals surface area contributed by atoms with Gasteiger partial charge in [-0.1, -0.05) is 5.16 Å². The molecule has 0 atom stereocenters. The second-order valence-electron chi connectivity index (χ2n) is 6.13. The van der Waals surface area contributed by atoms with Crippen molar-refractivity contribution in [2.75, 3.05) is 37.0 Å².